The van der Waals surface area contributed by atoms with Crippen molar-refractivity contribution in [3.8, 4) is 0 Å². The topological polar surface area (TPSA) is 108 Å². The van der Waals surface area contributed by atoms with Crippen LogP contribution in [0.5, 0.6) is 0 Å². The van der Waals surface area contributed by atoms with Gasteiger partial charge in [0.15, 0.2) is 0 Å². The van der Waals surface area contributed by atoms with E-state index in [0.717, 1.165) is 38.5 Å². The molecule has 0 spiro atoms. The van der Waals surface area contributed by atoms with Gasteiger partial charge in [0.2, 0.25) is 5.91 Å². The van der Waals surface area contributed by atoms with Crippen molar-refractivity contribution < 1.29 is 32.9 Å². The molecule has 9 heteroatoms. The zero-order valence-electron chi connectivity index (χ0n) is 33.4. The molecule has 1 amide bonds. The van der Waals surface area contributed by atoms with E-state index in [2.05, 4.69) is 31.3 Å². The third-order valence-corrected chi connectivity index (χ3v) is 10.1. The first kappa shape index (κ1) is 49.0. The molecule has 50 heavy (non-hydrogen) atoms. The number of allylic oxidation sites excluding steroid dienone is 3. The van der Waals surface area contributed by atoms with Crippen LogP contribution in [0, 0.1) is 0 Å². The van der Waals surface area contributed by atoms with E-state index in [4.69, 9.17) is 9.05 Å². The van der Waals surface area contributed by atoms with Crippen LogP contribution in [0.25, 0.3) is 0 Å². The van der Waals surface area contributed by atoms with Crippen molar-refractivity contribution in [1.82, 2.24) is 5.32 Å². The number of phosphoric acid groups is 1. The molecule has 0 heterocycles. The van der Waals surface area contributed by atoms with Gasteiger partial charge in [-0.15, -0.1) is 0 Å². The van der Waals surface area contributed by atoms with Crippen molar-refractivity contribution in [1.29, 1.82) is 0 Å². The molecule has 0 aliphatic heterocycles. The lowest BCUT2D eigenvalue weighted by atomic mass is 10.0. The van der Waals surface area contributed by atoms with Gasteiger partial charge in [0.05, 0.1) is 39.9 Å². The zero-order chi connectivity index (χ0) is 37.2. The summed E-state index contributed by atoms with van der Waals surface area (Å²) in [6, 6.07) is -0.882. The molecule has 0 aromatic heterocycles. The van der Waals surface area contributed by atoms with E-state index in [-0.39, 0.29) is 19.1 Å². The largest absolute Gasteiger partial charge is 0.756 e. The lowest BCUT2D eigenvalue weighted by molar-refractivity contribution is -0.870. The predicted molar refractivity (Wildman–Crippen MR) is 210 cm³/mol. The minimum Gasteiger partial charge on any atom is -0.756 e. The first-order valence-electron chi connectivity index (χ1n) is 20.7. The molecule has 0 aliphatic rings. The number of likely N-dealkylation sites (N-methyl/N-ethyl adjacent to an activating group) is 1. The van der Waals surface area contributed by atoms with Crippen LogP contribution in [-0.2, 0) is 18.4 Å². The fourth-order valence-corrected chi connectivity index (χ4v) is 6.52. The van der Waals surface area contributed by atoms with Crippen LogP contribution >= 0.6 is 7.82 Å². The van der Waals surface area contributed by atoms with Gasteiger partial charge in [0.25, 0.3) is 7.82 Å². The van der Waals surface area contributed by atoms with Gasteiger partial charge in [0, 0.05) is 6.42 Å². The van der Waals surface area contributed by atoms with Crippen LogP contribution in [0.3, 0.4) is 0 Å². The monoisotopic (exact) mass is 729 g/mol. The quantitative estimate of drug-likeness (QED) is 0.0285. The maximum atomic E-state index is 12.8. The molecule has 0 saturated carbocycles. The molecule has 0 bridgehead atoms. The van der Waals surface area contributed by atoms with Crippen molar-refractivity contribution in [2.24, 2.45) is 0 Å². The minimum absolute atomic E-state index is 0.000791. The van der Waals surface area contributed by atoms with E-state index in [1.807, 2.05) is 27.2 Å². The Morgan fingerprint density at radius 3 is 1.56 bits per heavy atom. The zero-order valence-corrected chi connectivity index (χ0v) is 34.2. The molecule has 0 aromatic carbocycles. The second kappa shape index (κ2) is 33.8. The number of carbonyl (C=O) groups is 1. The fourth-order valence-electron chi connectivity index (χ4n) is 5.79. The number of hydrogen-bond donors (Lipinski definition) is 2. The van der Waals surface area contributed by atoms with Gasteiger partial charge in [-0.25, -0.2) is 0 Å². The summed E-state index contributed by atoms with van der Waals surface area (Å²) in [5, 5.41) is 13.7. The Morgan fingerprint density at radius 1 is 0.680 bits per heavy atom. The molecule has 3 unspecified atom stereocenters. The highest BCUT2D eigenvalue weighted by molar-refractivity contribution is 7.45. The summed E-state index contributed by atoms with van der Waals surface area (Å²) in [6.07, 6.45) is 38.0. The number of quaternary nitrogens is 1. The molecule has 3 atom stereocenters. The minimum atomic E-state index is -4.58. The van der Waals surface area contributed by atoms with E-state index in [9.17, 15) is 19.4 Å². The number of aliphatic hydroxyl groups is 1. The van der Waals surface area contributed by atoms with Gasteiger partial charge in [-0.1, -0.05) is 154 Å². The number of amides is 1. The van der Waals surface area contributed by atoms with Gasteiger partial charge >= 0.3 is 0 Å². The third kappa shape index (κ3) is 35.4. The molecular weight excluding hydrogens is 647 g/mol. The summed E-state index contributed by atoms with van der Waals surface area (Å²) in [6.45, 7) is 4.60. The number of nitrogens with zero attached hydrogens (tertiary/aromatic N) is 1. The average molecular weight is 729 g/mol. The number of aliphatic hydroxyl groups excluding tert-OH is 1. The third-order valence-electron chi connectivity index (χ3n) is 9.16. The highest BCUT2D eigenvalue weighted by Crippen LogP contribution is 2.38. The second-order valence-corrected chi connectivity index (χ2v) is 16.8. The number of hydrogen-bond acceptors (Lipinski definition) is 6. The Balaban J connectivity index is 4.33. The lowest BCUT2D eigenvalue weighted by Crippen LogP contribution is -2.45. The van der Waals surface area contributed by atoms with E-state index >= 15 is 0 Å². The van der Waals surface area contributed by atoms with Crippen LogP contribution in [-0.4, -0.2) is 68.5 Å². The highest BCUT2D eigenvalue weighted by atomic mass is 31.2. The van der Waals surface area contributed by atoms with Crippen molar-refractivity contribution in [2.75, 3.05) is 40.9 Å². The molecule has 0 saturated heterocycles. The smallest absolute Gasteiger partial charge is 0.268 e. The molecule has 0 radical (unpaired) electrons. The summed E-state index contributed by atoms with van der Waals surface area (Å²) in [4.78, 5) is 25.2. The number of carbonyl (C=O) groups excluding carboxylic acids is 1. The number of rotatable bonds is 37. The molecule has 296 valence electrons. The highest BCUT2D eigenvalue weighted by Gasteiger charge is 2.23. The maximum absolute atomic E-state index is 12.8. The summed E-state index contributed by atoms with van der Waals surface area (Å²) < 4.78 is 23.1. The Morgan fingerprint density at radius 2 is 1.10 bits per heavy atom. The molecule has 0 aromatic rings. The normalized spacial score (nSPS) is 14.8. The van der Waals surface area contributed by atoms with Crippen LogP contribution in [0.1, 0.15) is 181 Å². The molecule has 0 rings (SSSR count). The molecule has 2 N–H and O–H groups in total. The Bertz CT molecular complexity index is 876. The SMILES string of the molecule is CCCCCCCC/C=C\CCCCCCCCCCCC(=O)NC(COP(=O)([O-])OCC[N+](C)(C)C)C(O)/C=C/CCCCCCCCC. The summed E-state index contributed by atoms with van der Waals surface area (Å²) in [7, 11) is 1.26. The second-order valence-electron chi connectivity index (χ2n) is 15.3. The first-order chi connectivity index (χ1) is 24.0. The molecule has 0 fully saturated rings. The van der Waals surface area contributed by atoms with Gasteiger partial charge < -0.3 is 28.8 Å². The number of nitrogens with one attached hydrogen (secondary N) is 1. The number of unbranched alkanes of at least 4 members (excludes halogenated alkanes) is 22. The van der Waals surface area contributed by atoms with Crippen LogP contribution in [0.15, 0.2) is 24.3 Å². The standard InChI is InChI=1S/C41H81N2O6P/c1-6-8-10-12-14-16-17-18-19-20-21-22-23-24-25-27-29-31-33-35-41(45)42-39(38-49-50(46,47)48-37-36-43(3,4)5)40(44)34-32-30-28-26-15-13-11-9-7-2/h18-19,32,34,39-40,44H,6-17,20-31,33,35-38H2,1-5H3,(H-,42,45,46,47)/b19-18-,34-32+. The van der Waals surface area contributed by atoms with Gasteiger partial charge in [-0.3, -0.25) is 9.36 Å². The lowest BCUT2D eigenvalue weighted by Gasteiger charge is -2.29. The molecule has 0 aliphatic carbocycles. The summed E-state index contributed by atoms with van der Waals surface area (Å²) in [5.41, 5.74) is 0. The van der Waals surface area contributed by atoms with Crippen LogP contribution in [0.4, 0.5) is 0 Å². The Kier molecular flexibility index (Phi) is 33.1. The van der Waals surface area contributed by atoms with Crippen molar-refractivity contribution >= 4 is 13.7 Å². The van der Waals surface area contributed by atoms with Crippen LogP contribution in [0.2, 0.25) is 0 Å². The molecule has 8 nitrogen and oxygen atoms in total. The summed E-state index contributed by atoms with van der Waals surface area (Å²) in [5.74, 6) is -0.203. The predicted octanol–water partition coefficient (Wildman–Crippen LogP) is 10.3. The van der Waals surface area contributed by atoms with E-state index in [1.165, 1.54) is 122 Å². The van der Waals surface area contributed by atoms with Gasteiger partial charge in [0.1, 0.15) is 13.2 Å². The van der Waals surface area contributed by atoms with Crippen molar-refractivity contribution in [3.63, 3.8) is 0 Å². The Labute approximate surface area is 309 Å². The number of phosphoric ester groups is 1. The van der Waals surface area contributed by atoms with E-state index in [0.29, 0.717) is 17.4 Å². The average Bonchev–Trinajstić information content (AvgIpc) is 3.06. The van der Waals surface area contributed by atoms with Gasteiger partial charge in [-0.2, -0.15) is 0 Å². The summed E-state index contributed by atoms with van der Waals surface area (Å²) >= 11 is 0. The van der Waals surface area contributed by atoms with E-state index in [1.54, 1.807) is 6.08 Å². The maximum Gasteiger partial charge on any atom is 0.268 e. The van der Waals surface area contributed by atoms with Crippen molar-refractivity contribution in [2.45, 2.75) is 193 Å². The van der Waals surface area contributed by atoms with Crippen molar-refractivity contribution in [3.05, 3.63) is 24.3 Å². The van der Waals surface area contributed by atoms with E-state index < -0.39 is 20.0 Å². The first-order valence-corrected chi connectivity index (χ1v) is 22.2. The van der Waals surface area contributed by atoms with Crippen LogP contribution < -0.4 is 10.2 Å². The molecular formula is C41H81N2O6P. The fraction of sp³-hybridized carbons (Fsp3) is 0.878. The Hall–Kier alpha value is -1.02. The van der Waals surface area contributed by atoms with Gasteiger partial charge in [-0.05, 0) is 44.9 Å².